The van der Waals surface area contributed by atoms with Crippen molar-refractivity contribution in [2.75, 3.05) is 27.3 Å². The van der Waals surface area contributed by atoms with Gasteiger partial charge in [-0.2, -0.15) is 0 Å². The molecule has 0 fully saturated rings. The van der Waals surface area contributed by atoms with Crippen molar-refractivity contribution in [3.63, 3.8) is 0 Å². The average molecular weight is 248 g/mol. The largest absolute Gasteiger partial charge is 0.759 e. The monoisotopic (exact) mass is 248 g/mol. The second-order valence-corrected chi connectivity index (χ2v) is 2.61. The van der Waals surface area contributed by atoms with Crippen LogP contribution in [-0.2, 0) is 20.1 Å². The normalized spacial score (nSPS) is 9.47. The number of hydrogen-bond donors (Lipinski definition) is 2. The van der Waals surface area contributed by atoms with Gasteiger partial charge < -0.3 is 9.11 Å². The van der Waals surface area contributed by atoms with Gasteiger partial charge in [0.15, 0.2) is 0 Å². The van der Waals surface area contributed by atoms with Crippen LogP contribution >= 0.6 is 0 Å². The van der Waals surface area contributed by atoms with E-state index < -0.39 is 10.4 Å². The van der Waals surface area contributed by atoms with Crippen molar-refractivity contribution in [2.24, 2.45) is 0 Å². The second-order valence-electron chi connectivity index (χ2n) is 1.79. The maximum absolute atomic E-state index is 8.52. The Hall–Kier alpha value is -0.290. The molecule has 0 unspecified atom stereocenters. The van der Waals surface area contributed by atoms with Gasteiger partial charge in [0.1, 0.15) is 13.2 Å². The van der Waals surface area contributed by atoms with E-state index in [9.17, 15) is 0 Å². The first-order valence-electron chi connectivity index (χ1n) is 4.28. The topological polar surface area (TPSA) is 132 Å². The molecule has 0 aromatic carbocycles. The Balaban J connectivity index is -0.000000144. The summed E-state index contributed by atoms with van der Waals surface area (Å²) in [6.07, 6.45) is 0. The molecule has 0 heterocycles. The van der Waals surface area contributed by atoms with Crippen LogP contribution in [-0.4, -0.2) is 44.8 Å². The van der Waals surface area contributed by atoms with Crippen LogP contribution in [0.2, 0.25) is 0 Å². The van der Waals surface area contributed by atoms with E-state index in [0.717, 1.165) is 13.2 Å². The Labute approximate surface area is 90.4 Å². The highest BCUT2D eigenvalue weighted by atomic mass is 32.3. The van der Waals surface area contributed by atoms with Gasteiger partial charge in [-0.05, 0) is 13.8 Å². The fourth-order valence-electron chi connectivity index (χ4n) is 0.333. The average Bonchev–Trinajstić information content (AvgIpc) is 2.05. The van der Waals surface area contributed by atoms with Crippen molar-refractivity contribution in [3.05, 3.63) is 0 Å². The summed E-state index contributed by atoms with van der Waals surface area (Å²) in [4.78, 5) is 9.42. The zero-order valence-electron chi connectivity index (χ0n) is 9.43. The summed E-state index contributed by atoms with van der Waals surface area (Å²) in [7, 11) is -1.44. The highest BCUT2D eigenvalue weighted by Gasteiger charge is 1.66. The van der Waals surface area contributed by atoms with Gasteiger partial charge in [-0.15, -0.1) is 0 Å². The molecular formula is C6H20N2O6S. The van der Waals surface area contributed by atoms with E-state index in [1.54, 1.807) is 11.0 Å². The van der Waals surface area contributed by atoms with Crippen molar-refractivity contribution >= 4 is 10.4 Å². The van der Waals surface area contributed by atoms with Gasteiger partial charge in [0.25, 0.3) is 0 Å². The summed E-state index contributed by atoms with van der Waals surface area (Å²) >= 11 is 0. The molecule has 15 heavy (non-hydrogen) atoms. The van der Waals surface area contributed by atoms with Crippen LogP contribution in [0.15, 0.2) is 0 Å². The van der Waals surface area contributed by atoms with E-state index in [-0.39, 0.29) is 0 Å². The minimum absolute atomic E-state index is 0.788. The van der Waals surface area contributed by atoms with Crippen molar-refractivity contribution in [1.82, 2.24) is 0 Å². The Kier molecular flexibility index (Phi) is 21.7. The van der Waals surface area contributed by atoms with Gasteiger partial charge in [0.2, 0.25) is 0 Å². The van der Waals surface area contributed by atoms with Crippen LogP contribution in [0, 0.1) is 0 Å². The molecule has 0 aromatic rings. The van der Waals surface area contributed by atoms with Crippen LogP contribution in [0.4, 0.5) is 0 Å². The fraction of sp³-hybridized carbons (Fsp3) is 1.00. The standard InChI is InChI=1S/2C3H9NO.H2O4S/c2*1-3-5-4-2;1-5(2,3)4/h2*4H,3H2,1-2H3;(H2,1,2,3,4). The first-order valence-corrected chi connectivity index (χ1v) is 5.62. The molecule has 0 aromatic heterocycles. The van der Waals surface area contributed by atoms with E-state index in [0.29, 0.717) is 0 Å². The summed E-state index contributed by atoms with van der Waals surface area (Å²) in [6.45, 7) is 5.49. The van der Waals surface area contributed by atoms with Crippen molar-refractivity contribution in [3.8, 4) is 0 Å². The third-order valence-electron chi connectivity index (χ3n) is 0.667. The molecular weight excluding hydrogens is 228 g/mol. The molecule has 0 aliphatic carbocycles. The lowest BCUT2D eigenvalue weighted by molar-refractivity contribution is -0.877. The van der Waals surface area contributed by atoms with E-state index in [4.69, 9.17) is 27.2 Å². The summed E-state index contributed by atoms with van der Waals surface area (Å²) < 4.78 is 34.1. The molecule has 0 aliphatic rings. The van der Waals surface area contributed by atoms with E-state index in [1.807, 2.05) is 27.9 Å². The smallest absolute Gasteiger partial charge is 0.103 e. The van der Waals surface area contributed by atoms with Gasteiger partial charge in [-0.1, -0.05) is 0 Å². The SMILES string of the molecule is CCO[NH2+]C.CCO[NH2+]C.O=S(=O)([O-])[O-]. The molecule has 0 saturated heterocycles. The lowest BCUT2D eigenvalue weighted by atomic mass is 10.9. The number of hydrogen-bond acceptors (Lipinski definition) is 6. The molecule has 0 atom stereocenters. The molecule has 9 heteroatoms. The van der Waals surface area contributed by atoms with E-state index in [2.05, 4.69) is 0 Å². The fourth-order valence-corrected chi connectivity index (χ4v) is 0.333. The first-order chi connectivity index (χ1) is 6.83. The van der Waals surface area contributed by atoms with E-state index in [1.165, 1.54) is 0 Å². The first kappa shape index (κ1) is 20.2. The summed E-state index contributed by atoms with van der Waals surface area (Å²) in [5.41, 5.74) is 3.36. The minimum atomic E-state index is -5.17. The molecule has 0 aliphatic heterocycles. The quantitative estimate of drug-likeness (QED) is 0.308. The third-order valence-corrected chi connectivity index (χ3v) is 0.667. The Morgan fingerprint density at radius 1 is 1.00 bits per heavy atom. The van der Waals surface area contributed by atoms with Crippen LogP contribution in [0.25, 0.3) is 0 Å². The number of nitrogens with two attached hydrogens (primary N) is 2. The summed E-state index contributed by atoms with van der Waals surface area (Å²) in [5.74, 6) is 0. The predicted octanol–water partition coefficient (Wildman–Crippen LogP) is -3.08. The van der Waals surface area contributed by atoms with Gasteiger partial charge in [0.05, 0.1) is 14.1 Å². The zero-order valence-corrected chi connectivity index (χ0v) is 10.2. The molecule has 0 bridgehead atoms. The minimum Gasteiger partial charge on any atom is -0.759 e. The lowest BCUT2D eigenvalue weighted by Crippen LogP contribution is -2.78. The molecule has 0 spiro atoms. The van der Waals surface area contributed by atoms with Crippen molar-refractivity contribution in [1.29, 1.82) is 0 Å². The summed E-state index contributed by atoms with van der Waals surface area (Å²) in [6, 6.07) is 0. The van der Waals surface area contributed by atoms with Crippen LogP contribution < -0.4 is 11.0 Å². The Bertz CT molecular complexity index is 166. The molecule has 0 saturated carbocycles. The molecule has 0 rings (SSSR count). The van der Waals surface area contributed by atoms with Crippen LogP contribution in [0.5, 0.6) is 0 Å². The van der Waals surface area contributed by atoms with Gasteiger partial charge in [-0.25, -0.2) is 20.6 Å². The van der Waals surface area contributed by atoms with E-state index >= 15 is 0 Å². The summed E-state index contributed by atoms with van der Waals surface area (Å²) in [5, 5.41) is 0. The third kappa shape index (κ3) is 137. The molecule has 4 N–H and O–H groups in total. The maximum Gasteiger partial charge on any atom is 0.103 e. The Morgan fingerprint density at radius 3 is 1.20 bits per heavy atom. The van der Waals surface area contributed by atoms with Crippen molar-refractivity contribution < 1.29 is 38.2 Å². The number of hydroxylamine groups is 2. The van der Waals surface area contributed by atoms with Gasteiger partial charge in [-0.3, -0.25) is 8.42 Å². The molecule has 0 radical (unpaired) electrons. The van der Waals surface area contributed by atoms with Crippen LogP contribution in [0.3, 0.4) is 0 Å². The van der Waals surface area contributed by atoms with Crippen molar-refractivity contribution in [2.45, 2.75) is 13.8 Å². The molecule has 8 nitrogen and oxygen atoms in total. The lowest BCUT2D eigenvalue weighted by Gasteiger charge is -2.06. The highest BCUT2D eigenvalue weighted by molar-refractivity contribution is 7.79. The van der Waals surface area contributed by atoms with Gasteiger partial charge >= 0.3 is 0 Å². The molecule has 0 amide bonds. The van der Waals surface area contributed by atoms with Crippen LogP contribution in [0.1, 0.15) is 13.8 Å². The second kappa shape index (κ2) is 16.2. The highest BCUT2D eigenvalue weighted by Crippen LogP contribution is 1.57. The number of rotatable bonds is 4. The van der Waals surface area contributed by atoms with Gasteiger partial charge in [0, 0.05) is 10.4 Å². The molecule has 96 valence electrons. The predicted molar refractivity (Wildman–Crippen MR) is 49.4 cm³/mol. The Morgan fingerprint density at radius 2 is 1.20 bits per heavy atom. The maximum atomic E-state index is 8.52. The zero-order chi connectivity index (χ0) is 12.7. The number of quaternary nitrogens is 2.